The van der Waals surface area contributed by atoms with Gasteiger partial charge >= 0.3 is 0 Å². The number of likely N-dealkylation sites (tertiary alicyclic amines) is 1. The summed E-state index contributed by atoms with van der Waals surface area (Å²) in [7, 11) is 2.14. The maximum absolute atomic E-state index is 9.29. The number of hydrogen-bond acceptors (Lipinski definition) is 5. The standard InChI is InChI=1S/C11H19N3O2/c1-8(15)11-12-10(16-13-11)6-9-4-3-5-14(2)7-9/h8-9,15H,3-7H2,1-2H3. The normalized spacial score (nSPS) is 24.6. The maximum Gasteiger partial charge on any atom is 0.227 e. The minimum atomic E-state index is -0.647. The second-order valence-corrected chi connectivity index (χ2v) is 4.70. The molecular formula is C11H19N3O2. The van der Waals surface area contributed by atoms with Crippen molar-refractivity contribution in [3.8, 4) is 0 Å². The van der Waals surface area contributed by atoms with Gasteiger partial charge in [0.15, 0.2) is 5.82 Å². The zero-order valence-corrected chi connectivity index (χ0v) is 9.89. The molecule has 1 saturated heterocycles. The van der Waals surface area contributed by atoms with Crippen molar-refractivity contribution in [1.29, 1.82) is 0 Å². The van der Waals surface area contributed by atoms with E-state index in [1.165, 1.54) is 19.4 Å². The van der Waals surface area contributed by atoms with E-state index in [1.54, 1.807) is 6.92 Å². The molecule has 16 heavy (non-hydrogen) atoms. The molecule has 90 valence electrons. The van der Waals surface area contributed by atoms with Crippen LogP contribution in [0.5, 0.6) is 0 Å². The van der Waals surface area contributed by atoms with Crippen molar-refractivity contribution in [2.24, 2.45) is 5.92 Å². The van der Waals surface area contributed by atoms with Crippen LogP contribution in [0.1, 0.15) is 37.6 Å². The van der Waals surface area contributed by atoms with Crippen molar-refractivity contribution < 1.29 is 9.63 Å². The van der Waals surface area contributed by atoms with Crippen molar-refractivity contribution >= 4 is 0 Å². The Morgan fingerprint density at radius 3 is 3.06 bits per heavy atom. The van der Waals surface area contributed by atoms with Gasteiger partial charge in [-0.3, -0.25) is 0 Å². The van der Waals surface area contributed by atoms with Gasteiger partial charge in [-0.2, -0.15) is 4.98 Å². The minimum Gasteiger partial charge on any atom is -0.385 e. The Bertz CT molecular complexity index is 338. The zero-order valence-electron chi connectivity index (χ0n) is 9.89. The molecule has 1 aliphatic rings. The van der Waals surface area contributed by atoms with Crippen molar-refractivity contribution in [1.82, 2.24) is 15.0 Å². The summed E-state index contributed by atoms with van der Waals surface area (Å²) in [6.07, 6.45) is 2.63. The second-order valence-electron chi connectivity index (χ2n) is 4.70. The summed E-state index contributed by atoms with van der Waals surface area (Å²) in [5.74, 6) is 1.64. The number of nitrogens with zero attached hydrogens (tertiary/aromatic N) is 3. The molecule has 2 heterocycles. The van der Waals surface area contributed by atoms with E-state index in [4.69, 9.17) is 4.52 Å². The number of aliphatic hydroxyl groups is 1. The fourth-order valence-corrected chi connectivity index (χ4v) is 2.21. The third kappa shape index (κ3) is 2.80. The van der Waals surface area contributed by atoms with Gasteiger partial charge in [-0.1, -0.05) is 5.16 Å². The molecule has 5 heteroatoms. The van der Waals surface area contributed by atoms with E-state index in [0.29, 0.717) is 17.6 Å². The predicted octanol–water partition coefficient (Wildman–Crippen LogP) is 1.01. The molecule has 0 spiro atoms. The molecule has 0 saturated carbocycles. The van der Waals surface area contributed by atoms with Crippen LogP contribution in [-0.4, -0.2) is 40.3 Å². The summed E-state index contributed by atoms with van der Waals surface area (Å²) in [4.78, 5) is 6.52. The topological polar surface area (TPSA) is 62.4 Å². The van der Waals surface area contributed by atoms with Crippen LogP contribution in [0.2, 0.25) is 0 Å². The van der Waals surface area contributed by atoms with Crippen LogP contribution in [0.3, 0.4) is 0 Å². The molecule has 1 aliphatic heterocycles. The second kappa shape index (κ2) is 4.93. The Morgan fingerprint density at radius 1 is 1.62 bits per heavy atom. The highest BCUT2D eigenvalue weighted by Gasteiger charge is 2.20. The summed E-state index contributed by atoms with van der Waals surface area (Å²) in [5, 5.41) is 13.0. The molecule has 0 aromatic carbocycles. The average molecular weight is 225 g/mol. The first-order valence-corrected chi connectivity index (χ1v) is 5.84. The first-order valence-electron chi connectivity index (χ1n) is 5.84. The lowest BCUT2D eigenvalue weighted by Gasteiger charge is -2.28. The maximum atomic E-state index is 9.29. The molecule has 1 fully saturated rings. The van der Waals surface area contributed by atoms with E-state index < -0.39 is 6.10 Å². The van der Waals surface area contributed by atoms with Gasteiger partial charge in [0, 0.05) is 13.0 Å². The van der Waals surface area contributed by atoms with Crippen LogP contribution in [0, 0.1) is 5.92 Å². The van der Waals surface area contributed by atoms with Crippen molar-refractivity contribution in [2.45, 2.75) is 32.3 Å². The Labute approximate surface area is 95.4 Å². The van der Waals surface area contributed by atoms with Crippen LogP contribution in [0.15, 0.2) is 4.52 Å². The molecule has 5 nitrogen and oxygen atoms in total. The number of aliphatic hydroxyl groups excluding tert-OH is 1. The molecule has 0 aliphatic carbocycles. The largest absolute Gasteiger partial charge is 0.385 e. The summed E-state index contributed by atoms with van der Waals surface area (Å²) >= 11 is 0. The number of hydrogen-bond donors (Lipinski definition) is 1. The first kappa shape index (κ1) is 11.5. The molecule has 2 unspecified atom stereocenters. The van der Waals surface area contributed by atoms with Crippen molar-refractivity contribution in [2.75, 3.05) is 20.1 Å². The lowest BCUT2D eigenvalue weighted by molar-refractivity contribution is 0.183. The third-order valence-electron chi connectivity index (χ3n) is 3.04. The minimum absolute atomic E-state index is 0.388. The Morgan fingerprint density at radius 2 is 2.44 bits per heavy atom. The molecule has 2 atom stereocenters. The van der Waals surface area contributed by atoms with E-state index in [0.717, 1.165) is 13.0 Å². The fourth-order valence-electron chi connectivity index (χ4n) is 2.21. The van der Waals surface area contributed by atoms with E-state index >= 15 is 0 Å². The Balaban J connectivity index is 1.92. The average Bonchev–Trinajstić information content (AvgIpc) is 2.66. The number of piperidine rings is 1. The van der Waals surface area contributed by atoms with E-state index in [-0.39, 0.29) is 0 Å². The molecule has 0 bridgehead atoms. The van der Waals surface area contributed by atoms with Crippen LogP contribution in [0.4, 0.5) is 0 Å². The predicted molar refractivity (Wildman–Crippen MR) is 58.9 cm³/mol. The summed E-state index contributed by atoms with van der Waals surface area (Å²) in [5.41, 5.74) is 0. The monoisotopic (exact) mass is 225 g/mol. The van der Waals surface area contributed by atoms with Gasteiger partial charge in [-0.15, -0.1) is 0 Å². The van der Waals surface area contributed by atoms with Gasteiger partial charge in [0.25, 0.3) is 0 Å². The molecule has 1 aromatic rings. The quantitative estimate of drug-likeness (QED) is 0.831. The molecule has 2 rings (SSSR count). The third-order valence-corrected chi connectivity index (χ3v) is 3.04. The van der Waals surface area contributed by atoms with Gasteiger partial charge < -0.3 is 14.5 Å². The SMILES string of the molecule is CC(O)c1noc(CC2CCCN(C)C2)n1. The highest BCUT2D eigenvalue weighted by molar-refractivity contribution is 4.91. The van der Waals surface area contributed by atoms with Crippen molar-refractivity contribution in [3.63, 3.8) is 0 Å². The Kier molecular flexibility index (Phi) is 3.56. The Hall–Kier alpha value is -0.940. The first-order chi connectivity index (χ1) is 7.65. The zero-order chi connectivity index (χ0) is 11.5. The van der Waals surface area contributed by atoms with Crippen LogP contribution in [0.25, 0.3) is 0 Å². The highest BCUT2D eigenvalue weighted by atomic mass is 16.5. The molecule has 1 aromatic heterocycles. The van der Waals surface area contributed by atoms with Crippen LogP contribution < -0.4 is 0 Å². The lowest BCUT2D eigenvalue weighted by Crippen LogP contribution is -2.33. The molecule has 1 N–H and O–H groups in total. The molecule has 0 amide bonds. The van der Waals surface area contributed by atoms with Gasteiger partial charge in [0.2, 0.25) is 5.89 Å². The van der Waals surface area contributed by atoms with Gasteiger partial charge in [-0.05, 0) is 39.3 Å². The summed E-state index contributed by atoms with van der Waals surface area (Å²) in [6, 6.07) is 0. The molecular weight excluding hydrogens is 206 g/mol. The van der Waals surface area contributed by atoms with Gasteiger partial charge in [0.1, 0.15) is 6.10 Å². The summed E-state index contributed by atoms with van der Waals surface area (Å²) < 4.78 is 5.12. The molecule has 0 radical (unpaired) electrons. The highest BCUT2D eigenvalue weighted by Crippen LogP contribution is 2.19. The van der Waals surface area contributed by atoms with Crippen LogP contribution in [-0.2, 0) is 6.42 Å². The summed E-state index contributed by atoms with van der Waals surface area (Å²) in [6.45, 7) is 3.91. The van der Waals surface area contributed by atoms with E-state index in [9.17, 15) is 5.11 Å². The number of aromatic nitrogens is 2. The van der Waals surface area contributed by atoms with E-state index in [1.807, 2.05) is 0 Å². The van der Waals surface area contributed by atoms with Gasteiger partial charge in [0.05, 0.1) is 0 Å². The van der Waals surface area contributed by atoms with Gasteiger partial charge in [-0.25, -0.2) is 0 Å². The van der Waals surface area contributed by atoms with Crippen LogP contribution >= 0.6 is 0 Å². The smallest absolute Gasteiger partial charge is 0.227 e. The van der Waals surface area contributed by atoms with E-state index in [2.05, 4.69) is 22.1 Å². The van der Waals surface area contributed by atoms with Crippen molar-refractivity contribution in [3.05, 3.63) is 11.7 Å². The number of rotatable bonds is 3. The fraction of sp³-hybridized carbons (Fsp3) is 0.818. The lowest BCUT2D eigenvalue weighted by atomic mass is 9.95.